The summed E-state index contributed by atoms with van der Waals surface area (Å²) in [6.45, 7) is 8.86. The molecule has 1 rings (SSSR count). The zero-order valence-electron chi connectivity index (χ0n) is 8.45. The van der Waals surface area contributed by atoms with Crippen molar-refractivity contribution >= 4 is 0 Å². The molecule has 70 valence electrons. The zero-order chi connectivity index (χ0) is 9.30. The van der Waals surface area contributed by atoms with Gasteiger partial charge in [0.05, 0.1) is 6.04 Å². The quantitative estimate of drug-likeness (QED) is 0.584. The Labute approximate surface area is 74.7 Å². The Morgan fingerprint density at radius 3 is 2.25 bits per heavy atom. The molecule has 1 saturated carbocycles. The van der Waals surface area contributed by atoms with Crippen LogP contribution in [0.2, 0.25) is 0 Å². The fourth-order valence-corrected chi connectivity index (χ4v) is 2.65. The molecule has 0 aliphatic heterocycles. The third-order valence-electron chi connectivity index (χ3n) is 3.47. The first-order chi connectivity index (χ1) is 5.57. The highest BCUT2D eigenvalue weighted by Gasteiger charge is 2.40. The molecule has 0 saturated heterocycles. The number of rotatable bonds is 2. The Morgan fingerprint density at radius 1 is 1.33 bits per heavy atom. The smallest absolute Gasteiger partial charge is 0.0955 e. The molecule has 0 radical (unpaired) electrons. The molecule has 0 heterocycles. The SMILES string of the molecule is CC(C)C1C(N=O)CC(C)C1C. The van der Waals surface area contributed by atoms with Crippen LogP contribution in [0.25, 0.3) is 0 Å². The van der Waals surface area contributed by atoms with E-state index in [-0.39, 0.29) is 6.04 Å². The summed E-state index contributed by atoms with van der Waals surface area (Å²) in [5, 5.41) is 3.24. The maximum Gasteiger partial charge on any atom is 0.0955 e. The Kier molecular flexibility index (Phi) is 2.86. The fourth-order valence-electron chi connectivity index (χ4n) is 2.65. The van der Waals surface area contributed by atoms with E-state index < -0.39 is 0 Å². The largest absolute Gasteiger partial charge is 0.151 e. The maximum atomic E-state index is 10.6. The van der Waals surface area contributed by atoms with Crippen LogP contribution in [0.5, 0.6) is 0 Å². The van der Waals surface area contributed by atoms with Gasteiger partial charge in [0, 0.05) is 0 Å². The van der Waals surface area contributed by atoms with Crippen LogP contribution in [-0.4, -0.2) is 6.04 Å². The van der Waals surface area contributed by atoms with Gasteiger partial charge in [-0.05, 0) is 30.1 Å². The molecule has 0 aromatic carbocycles. The van der Waals surface area contributed by atoms with Crippen molar-refractivity contribution in [2.24, 2.45) is 28.8 Å². The fraction of sp³-hybridized carbons (Fsp3) is 1.00. The number of nitroso groups, excluding NO2 is 1. The second-order valence-electron chi connectivity index (χ2n) is 4.57. The first kappa shape index (κ1) is 9.69. The van der Waals surface area contributed by atoms with Crippen molar-refractivity contribution in [3.63, 3.8) is 0 Å². The molecule has 4 unspecified atom stereocenters. The zero-order valence-corrected chi connectivity index (χ0v) is 8.45. The van der Waals surface area contributed by atoms with Crippen molar-refractivity contribution in [1.29, 1.82) is 0 Å². The highest BCUT2D eigenvalue weighted by atomic mass is 16.3. The standard InChI is InChI=1S/C10H19NO/c1-6(2)10-8(4)7(3)5-9(10)11-12/h6-10H,5H2,1-4H3. The van der Waals surface area contributed by atoms with Crippen molar-refractivity contribution in [2.75, 3.05) is 0 Å². The first-order valence-corrected chi connectivity index (χ1v) is 4.90. The Morgan fingerprint density at radius 2 is 1.92 bits per heavy atom. The van der Waals surface area contributed by atoms with Crippen LogP contribution < -0.4 is 0 Å². The molecule has 4 atom stereocenters. The maximum absolute atomic E-state index is 10.6. The van der Waals surface area contributed by atoms with E-state index in [0.29, 0.717) is 23.7 Å². The van der Waals surface area contributed by atoms with Crippen LogP contribution in [0.4, 0.5) is 0 Å². The summed E-state index contributed by atoms with van der Waals surface area (Å²) in [5.41, 5.74) is 0. The van der Waals surface area contributed by atoms with Crippen molar-refractivity contribution in [3.05, 3.63) is 4.91 Å². The van der Waals surface area contributed by atoms with Crippen LogP contribution in [0.1, 0.15) is 34.1 Å². The molecule has 2 heteroatoms. The van der Waals surface area contributed by atoms with Crippen molar-refractivity contribution in [2.45, 2.75) is 40.2 Å². The van der Waals surface area contributed by atoms with E-state index >= 15 is 0 Å². The van der Waals surface area contributed by atoms with Gasteiger partial charge in [-0.3, -0.25) is 0 Å². The Bertz CT molecular complexity index is 167. The highest BCUT2D eigenvalue weighted by molar-refractivity contribution is 4.92. The molecule has 1 aliphatic carbocycles. The molecule has 1 fully saturated rings. The normalized spacial score (nSPS) is 42.1. The van der Waals surface area contributed by atoms with Gasteiger partial charge in [-0.2, -0.15) is 4.91 Å². The predicted octanol–water partition coefficient (Wildman–Crippen LogP) is 3.07. The van der Waals surface area contributed by atoms with Gasteiger partial charge in [-0.15, -0.1) is 0 Å². The monoisotopic (exact) mass is 169 g/mol. The summed E-state index contributed by atoms with van der Waals surface area (Å²) >= 11 is 0. The van der Waals surface area contributed by atoms with Gasteiger partial charge in [0.15, 0.2) is 0 Å². The molecule has 0 aromatic rings. The van der Waals surface area contributed by atoms with E-state index in [1.807, 2.05) is 0 Å². The molecule has 0 aromatic heterocycles. The highest BCUT2D eigenvalue weighted by Crippen LogP contribution is 2.42. The topological polar surface area (TPSA) is 29.4 Å². The van der Waals surface area contributed by atoms with E-state index in [1.54, 1.807) is 0 Å². The average molecular weight is 169 g/mol. The van der Waals surface area contributed by atoms with E-state index in [2.05, 4.69) is 32.9 Å². The Hall–Kier alpha value is -0.400. The summed E-state index contributed by atoms with van der Waals surface area (Å²) in [7, 11) is 0. The molecule has 0 N–H and O–H groups in total. The van der Waals surface area contributed by atoms with Gasteiger partial charge >= 0.3 is 0 Å². The van der Waals surface area contributed by atoms with Crippen LogP contribution >= 0.6 is 0 Å². The van der Waals surface area contributed by atoms with Gasteiger partial charge in [0.1, 0.15) is 0 Å². The molecular formula is C10H19NO. The summed E-state index contributed by atoms with van der Waals surface area (Å²) in [5.74, 6) is 2.43. The molecule has 12 heavy (non-hydrogen) atoms. The first-order valence-electron chi connectivity index (χ1n) is 4.90. The lowest BCUT2D eigenvalue weighted by Gasteiger charge is -2.23. The summed E-state index contributed by atoms with van der Waals surface area (Å²) in [6, 6.07) is 0.0787. The van der Waals surface area contributed by atoms with Crippen molar-refractivity contribution in [3.8, 4) is 0 Å². The van der Waals surface area contributed by atoms with E-state index in [4.69, 9.17) is 0 Å². The summed E-state index contributed by atoms with van der Waals surface area (Å²) in [6.07, 6.45) is 0.994. The van der Waals surface area contributed by atoms with Gasteiger partial charge < -0.3 is 0 Å². The van der Waals surface area contributed by atoms with Crippen LogP contribution in [-0.2, 0) is 0 Å². The van der Waals surface area contributed by atoms with Crippen LogP contribution in [0, 0.1) is 28.6 Å². The van der Waals surface area contributed by atoms with Gasteiger partial charge in [-0.1, -0.05) is 32.9 Å². The summed E-state index contributed by atoms with van der Waals surface area (Å²) in [4.78, 5) is 10.6. The Balaban J connectivity index is 2.73. The number of hydrogen-bond donors (Lipinski definition) is 0. The average Bonchev–Trinajstić information content (AvgIpc) is 2.28. The van der Waals surface area contributed by atoms with Crippen LogP contribution in [0.3, 0.4) is 0 Å². The van der Waals surface area contributed by atoms with Gasteiger partial charge in [0.2, 0.25) is 0 Å². The third kappa shape index (κ3) is 1.52. The summed E-state index contributed by atoms with van der Waals surface area (Å²) < 4.78 is 0. The minimum absolute atomic E-state index is 0.0787. The lowest BCUT2D eigenvalue weighted by atomic mass is 9.83. The predicted molar refractivity (Wildman–Crippen MR) is 50.9 cm³/mol. The minimum atomic E-state index is 0.0787. The van der Waals surface area contributed by atoms with Crippen molar-refractivity contribution < 1.29 is 0 Å². The second-order valence-corrected chi connectivity index (χ2v) is 4.57. The minimum Gasteiger partial charge on any atom is -0.151 e. The number of nitrogens with zero attached hydrogens (tertiary/aromatic N) is 1. The van der Waals surface area contributed by atoms with E-state index in [0.717, 1.165) is 6.42 Å². The molecular weight excluding hydrogens is 150 g/mol. The lowest BCUT2D eigenvalue weighted by molar-refractivity contribution is 0.266. The molecule has 1 aliphatic rings. The third-order valence-corrected chi connectivity index (χ3v) is 3.47. The molecule has 2 nitrogen and oxygen atoms in total. The molecule has 0 bridgehead atoms. The van der Waals surface area contributed by atoms with Crippen LogP contribution in [0.15, 0.2) is 5.18 Å². The lowest BCUT2D eigenvalue weighted by Crippen LogP contribution is -2.22. The second kappa shape index (κ2) is 3.55. The van der Waals surface area contributed by atoms with E-state index in [9.17, 15) is 4.91 Å². The van der Waals surface area contributed by atoms with Gasteiger partial charge in [0.25, 0.3) is 0 Å². The van der Waals surface area contributed by atoms with E-state index in [1.165, 1.54) is 0 Å². The molecule has 0 spiro atoms. The van der Waals surface area contributed by atoms with Crippen molar-refractivity contribution in [1.82, 2.24) is 0 Å². The van der Waals surface area contributed by atoms with Gasteiger partial charge in [-0.25, -0.2) is 0 Å². The number of hydrogen-bond acceptors (Lipinski definition) is 2. The molecule has 0 amide bonds.